The number of hydrogen-bond donors (Lipinski definition) is 2. The van der Waals surface area contributed by atoms with Crippen molar-refractivity contribution < 1.29 is 9.90 Å². The molecule has 2 aromatic heterocycles. The van der Waals surface area contributed by atoms with Crippen LogP contribution in [0.5, 0.6) is 0 Å². The van der Waals surface area contributed by atoms with E-state index >= 15 is 0 Å². The number of primary amides is 1. The maximum absolute atomic E-state index is 11.8. The van der Waals surface area contributed by atoms with E-state index < -0.39 is 12.0 Å². The first-order valence-corrected chi connectivity index (χ1v) is 13.0. The van der Waals surface area contributed by atoms with Crippen molar-refractivity contribution >= 4 is 16.8 Å². The van der Waals surface area contributed by atoms with Gasteiger partial charge in [-0.2, -0.15) is 10.2 Å². The highest BCUT2D eigenvalue weighted by atomic mass is 16.3. The van der Waals surface area contributed by atoms with Gasteiger partial charge in [-0.05, 0) is 54.7 Å². The zero-order chi connectivity index (χ0) is 27.0. The van der Waals surface area contributed by atoms with E-state index in [1.165, 1.54) is 0 Å². The molecule has 0 spiro atoms. The second-order valence-corrected chi connectivity index (χ2v) is 9.99. The molecule has 194 valence electrons. The van der Waals surface area contributed by atoms with Gasteiger partial charge in [0.2, 0.25) is 5.91 Å². The number of aliphatic hydroxyl groups excluding tert-OH is 1. The molecular formula is C31H33N5O2. The Morgan fingerprint density at radius 1 is 1.03 bits per heavy atom. The Bertz CT molecular complexity index is 1610. The predicted octanol–water partition coefficient (Wildman–Crippen LogP) is 5.72. The van der Waals surface area contributed by atoms with Crippen LogP contribution in [0.15, 0.2) is 72.9 Å². The van der Waals surface area contributed by atoms with Crippen molar-refractivity contribution in [3.63, 3.8) is 0 Å². The molecule has 1 atom stereocenters. The van der Waals surface area contributed by atoms with E-state index in [1.54, 1.807) is 6.07 Å². The SMILES string of the molecule is CCc1cc(C(N)=O)ccc1-n1nc(-c2cccc3nn(C[C@H](O)c4ccccc4)cc23)c(C(C)C)c1C. The number of amides is 1. The Morgan fingerprint density at radius 2 is 1.79 bits per heavy atom. The summed E-state index contributed by atoms with van der Waals surface area (Å²) in [5.74, 6) is -0.202. The monoisotopic (exact) mass is 507 g/mol. The Kier molecular flexibility index (Phi) is 6.87. The molecule has 0 saturated carbocycles. The Morgan fingerprint density at radius 3 is 2.47 bits per heavy atom. The summed E-state index contributed by atoms with van der Waals surface area (Å²) >= 11 is 0. The lowest BCUT2D eigenvalue weighted by molar-refractivity contribution is 0.1000. The fraction of sp³-hybridized carbons (Fsp3) is 0.258. The van der Waals surface area contributed by atoms with Crippen LogP contribution in [-0.4, -0.2) is 30.6 Å². The van der Waals surface area contributed by atoms with Crippen molar-refractivity contribution in [2.24, 2.45) is 5.73 Å². The predicted molar refractivity (Wildman–Crippen MR) is 150 cm³/mol. The van der Waals surface area contributed by atoms with E-state index in [0.29, 0.717) is 12.1 Å². The lowest BCUT2D eigenvalue weighted by Gasteiger charge is -2.12. The number of carbonyl (C=O) groups excluding carboxylic acids is 1. The molecule has 0 radical (unpaired) electrons. The van der Waals surface area contributed by atoms with Crippen LogP contribution in [0.1, 0.15) is 65.5 Å². The van der Waals surface area contributed by atoms with Crippen molar-refractivity contribution in [3.8, 4) is 16.9 Å². The summed E-state index contributed by atoms with van der Waals surface area (Å²) in [5, 5.41) is 21.6. The molecule has 3 aromatic carbocycles. The Labute approximate surface area is 222 Å². The number of aromatic nitrogens is 4. The van der Waals surface area contributed by atoms with Gasteiger partial charge in [-0.25, -0.2) is 4.68 Å². The molecule has 0 aliphatic carbocycles. The van der Waals surface area contributed by atoms with Crippen LogP contribution in [0.2, 0.25) is 0 Å². The maximum atomic E-state index is 11.8. The van der Waals surface area contributed by atoms with Gasteiger partial charge in [-0.3, -0.25) is 9.48 Å². The lowest BCUT2D eigenvalue weighted by atomic mass is 9.95. The molecule has 2 heterocycles. The van der Waals surface area contributed by atoms with E-state index in [2.05, 4.69) is 33.8 Å². The van der Waals surface area contributed by atoms with Crippen LogP contribution in [0.25, 0.3) is 27.8 Å². The van der Waals surface area contributed by atoms with Gasteiger partial charge in [-0.15, -0.1) is 0 Å². The first-order valence-electron chi connectivity index (χ1n) is 13.0. The fourth-order valence-electron chi connectivity index (χ4n) is 5.22. The van der Waals surface area contributed by atoms with E-state index in [0.717, 1.165) is 56.7 Å². The van der Waals surface area contributed by atoms with Crippen LogP contribution < -0.4 is 5.73 Å². The summed E-state index contributed by atoms with van der Waals surface area (Å²) in [6.45, 7) is 8.86. The minimum absolute atomic E-state index is 0.235. The van der Waals surface area contributed by atoms with Crippen molar-refractivity contribution in [3.05, 3.63) is 101 Å². The number of fused-ring (bicyclic) bond motifs is 1. The van der Waals surface area contributed by atoms with Gasteiger partial charge in [0.1, 0.15) is 0 Å². The third kappa shape index (κ3) is 4.61. The van der Waals surface area contributed by atoms with Crippen LogP contribution in [0.4, 0.5) is 0 Å². The van der Waals surface area contributed by atoms with Gasteiger partial charge in [0.25, 0.3) is 0 Å². The normalized spacial score (nSPS) is 12.4. The molecule has 3 N–H and O–H groups in total. The van der Waals surface area contributed by atoms with E-state index in [1.807, 2.05) is 70.2 Å². The summed E-state index contributed by atoms with van der Waals surface area (Å²) < 4.78 is 3.79. The van der Waals surface area contributed by atoms with Crippen molar-refractivity contribution in [1.82, 2.24) is 19.6 Å². The van der Waals surface area contributed by atoms with E-state index in [4.69, 9.17) is 15.9 Å². The molecule has 0 bridgehead atoms. The molecule has 7 heteroatoms. The third-order valence-electron chi connectivity index (χ3n) is 7.11. The van der Waals surface area contributed by atoms with Gasteiger partial charge >= 0.3 is 0 Å². The molecule has 0 aliphatic rings. The number of rotatable bonds is 8. The summed E-state index contributed by atoms with van der Waals surface area (Å²) in [6, 6.07) is 21.2. The second kappa shape index (κ2) is 10.3. The molecule has 0 unspecified atom stereocenters. The average Bonchev–Trinajstić information content (AvgIpc) is 3.48. The average molecular weight is 508 g/mol. The second-order valence-electron chi connectivity index (χ2n) is 9.99. The first-order chi connectivity index (χ1) is 18.3. The number of benzene rings is 3. The quantitative estimate of drug-likeness (QED) is 0.281. The molecule has 0 fully saturated rings. The largest absolute Gasteiger partial charge is 0.386 e. The Balaban J connectivity index is 1.61. The van der Waals surface area contributed by atoms with Crippen molar-refractivity contribution in [2.75, 3.05) is 0 Å². The first kappa shape index (κ1) is 25.4. The molecule has 5 rings (SSSR count). The molecule has 0 aliphatic heterocycles. The van der Waals surface area contributed by atoms with Gasteiger partial charge < -0.3 is 10.8 Å². The molecular weight excluding hydrogens is 474 g/mol. The maximum Gasteiger partial charge on any atom is 0.248 e. The van der Waals surface area contributed by atoms with E-state index in [9.17, 15) is 9.90 Å². The number of carbonyl (C=O) groups is 1. The number of hydrogen-bond acceptors (Lipinski definition) is 4. The van der Waals surface area contributed by atoms with Gasteiger partial charge in [0.05, 0.1) is 29.5 Å². The van der Waals surface area contributed by atoms with Gasteiger partial charge in [0, 0.05) is 34.0 Å². The standard InChI is InChI=1S/C31H33N5O2/c1-5-21-16-23(31(32)38)14-15-27(21)36-20(4)29(19(2)3)30(34-36)24-12-9-13-26-25(24)17-35(33-26)18-28(37)22-10-7-6-8-11-22/h6-17,19,28,37H,5,18H2,1-4H3,(H2,32,38)/t28-/m0/s1. The fourth-order valence-corrected chi connectivity index (χ4v) is 5.22. The van der Waals surface area contributed by atoms with Crippen molar-refractivity contribution in [1.29, 1.82) is 0 Å². The highest BCUT2D eigenvalue weighted by Crippen LogP contribution is 2.37. The van der Waals surface area contributed by atoms with Crippen LogP contribution in [-0.2, 0) is 13.0 Å². The molecule has 0 saturated heterocycles. The molecule has 38 heavy (non-hydrogen) atoms. The lowest BCUT2D eigenvalue weighted by Crippen LogP contribution is -2.12. The highest BCUT2D eigenvalue weighted by molar-refractivity contribution is 5.95. The number of aliphatic hydroxyl groups is 1. The zero-order valence-corrected chi connectivity index (χ0v) is 22.2. The third-order valence-corrected chi connectivity index (χ3v) is 7.11. The molecule has 5 aromatic rings. The van der Waals surface area contributed by atoms with Gasteiger partial charge in [-0.1, -0.05) is 63.2 Å². The van der Waals surface area contributed by atoms with Crippen LogP contribution in [0.3, 0.4) is 0 Å². The number of nitrogens with zero attached hydrogens (tertiary/aromatic N) is 4. The van der Waals surface area contributed by atoms with Crippen molar-refractivity contribution in [2.45, 2.75) is 52.7 Å². The summed E-state index contributed by atoms with van der Waals surface area (Å²) in [5.41, 5.74) is 13.8. The van der Waals surface area contributed by atoms with Crippen LogP contribution in [0, 0.1) is 6.92 Å². The van der Waals surface area contributed by atoms with Gasteiger partial charge in [0.15, 0.2) is 0 Å². The summed E-state index contributed by atoms with van der Waals surface area (Å²) in [7, 11) is 0. The minimum Gasteiger partial charge on any atom is -0.386 e. The Hall–Kier alpha value is -4.23. The smallest absolute Gasteiger partial charge is 0.248 e. The molecule has 7 nitrogen and oxygen atoms in total. The number of aryl methyl sites for hydroxylation is 1. The van der Waals surface area contributed by atoms with Crippen LogP contribution >= 0.6 is 0 Å². The summed E-state index contributed by atoms with van der Waals surface area (Å²) in [4.78, 5) is 11.8. The van der Waals surface area contributed by atoms with E-state index in [-0.39, 0.29) is 5.92 Å². The summed E-state index contributed by atoms with van der Waals surface area (Å²) in [6.07, 6.45) is 2.08. The zero-order valence-electron chi connectivity index (χ0n) is 22.2. The molecule has 1 amide bonds. The topological polar surface area (TPSA) is 99.0 Å². The highest BCUT2D eigenvalue weighted by Gasteiger charge is 2.23. The minimum atomic E-state index is -0.655. The number of nitrogens with two attached hydrogens (primary N) is 1.